The average Bonchev–Trinajstić information content (AvgIpc) is 1.09. The molecular weight excluding hydrogens is 1640 g/mol. The second-order valence-corrected chi connectivity index (χ2v) is 37.3. The van der Waals surface area contributed by atoms with Gasteiger partial charge < -0.3 is 125 Å². The van der Waals surface area contributed by atoms with Gasteiger partial charge in [-0.25, -0.2) is 0 Å². The van der Waals surface area contributed by atoms with E-state index in [2.05, 4.69) is 79.8 Å². The number of rotatable bonds is 59. The number of unbranched alkanes of at least 4 members (excludes halogenated alkanes) is 6. The van der Waals surface area contributed by atoms with Gasteiger partial charge in [0.05, 0.1) is 6.04 Å². The summed E-state index contributed by atoms with van der Waals surface area (Å²) < 4.78 is 0. The van der Waals surface area contributed by atoms with Crippen molar-refractivity contribution in [2.45, 2.75) is 335 Å². The van der Waals surface area contributed by atoms with Crippen LogP contribution in [-0.4, -0.2) is 248 Å². The van der Waals surface area contributed by atoms with Gasteiger partial charge in [0.15, 0.2) is 0 Å². The maximum atomic E-state index is 15.2. The van der Waals surface area contributed by atoms with Crippen molar-refractivity contribution in [1.29, 1.82) is 0 Å². The van der Waals surface area contributed by atoms with Gasteiger partial charge >= 0.3 is 5.97 Å². The number of nitrogens with one attached hydrogen (secondary N) is 15. The molecule has 1 aliphatic heterocycles. The van der Waals surface area contributed by atoms with Crippen LogP contribution in [0.25, 0.3) is 0 Å². The highest BCUT2D eigenvalue weighted by Gasteiger charge is 2.40. The topological polar surface area (TPSA) is 656 Å². The van der Waals surface area contributed by atoms with Crippen LogP contribution < -0.4 is 120 Å². The number of hydrogen-bond donors (Lipinski definition) is 23. The minimum Gasteiger partial charge on any atom is -0.480 e. The van der Waals surface area contributed by atoms with Gasteiger partial charge in [-0.15, -0.1) is 0 Å². The molecule has 30 N–H and O–H groups in total. The number of hydrogen-bond acceptors (Lipinski definition) is 25. The Kier molecular flexibility index (Phi) is 58.6. The largest absolute Gasteiger partial charge is 0.480 e. The van der Waals surface area contributed by atoms with E-state index in [1.165, 1.54) is 6.92 Å². The van der Waals surface area contributed by atoms with Crippen molar-refractivity contribution in [3.8, 4) is 0 Å². The second kappa shape index (κ2) is 63.8. The van der Waals surface area contributed by atoms with E-state index in [-0.39, 0.29) is 157 Å². The van der Waals surface area contributed by atoms with Gasteiger partial charge in [-0.2, -0.15) is 0 Å². The number of carbonyl (C=O) groups excluding carboxylic acids is 15. The quantitative estimate of drug-likeness (QED) is 0.0250. The van der Waals surface area contributed by atoms with E-state index in [1.54, 1.807) is 41.5 Å². The van der Waals surface area contributed by atoms with Crippen LogP contribution in [0.3, 0.4) is 0 Å². The van der Waals surface area contributed by atoms with Gasteiger partial charge in [0.1, 0.15) is 91.1 Å². The second-order valence-electron chi connectivity index (χ2n) is 34.8. The lowest BCUT2D eigenvalue weighted by molar-refractivity contribution is -0.138. The van der Waals surface area contributed by atoms with E-state index in [0.717, 1.165) is 21.6 Å². The molecule has 15 atom stereocenters. The van der Waals surface area contributed by atoms with Crippen molar-refractivity contribution >= 4 is 116 Å². The Balaban J connectivity index is 4.15. The lowest BCUT2D eigenvalue weighted by Crippen LogP contribution is -2.61. The van der Waals surface area contributed by atoms with Crippen LogP contribution in [0.5, 0.6) is 0 Å². The van der Waals surface area contributed by atoms with E-state index in [0.29, 0.717) is 83.6 Å². The number of carboxylic acids is 1. The molecule has 39 nitrogen and oxygen atoms in total. The molecule has 1 rings (SSSR count). The molecule has 1 aliphatic rings. The third-order valence-electron chi connectivity index (χ3n) is 20.2. The Morgan fingerprint density at radius 3 is 1.02 bits per heavy atom. The SMILES string of the molecule is CC(C)C[C@H](NC(=O)[C@H](CCCCN)NC(=O)[C@@H]1CSSC[C@H](NC(=O)[C@H](CC(C)C)NC(=O)[C@H](CCCCN)NC(=O)[C@H](CC(C)C)NC(=O)[C@H](CC(C)C)NC(=O)[C@H](CCCCN)NC(=O)[C@H](CCCCN)NC(=O)[C@@H](N)CC(C)C)C(=O)N[C@@H](CCCCN)C(=O)N[C@@H](CCCCN)C(=O)N[C@@H](CC(C)C)C(=O)N1)C(=O)N[C@@H](C)C(=O)NCC(=O)O. The normalized spacial score (nSPS) is 18.7. The maximum absolute atomic E-state index is 15.2. The van der Waals surface area contributed by atoms with E-state index in [4.69, 9.17) is 45.2 Å². The first kappa shape index (κ1) is 114. The minimum atomic E-state index is -1.56. The Bertz CT molecular complexity index is 3310. The highest BCUT2D eigenvalue weighted by Crippen LogP contribution is 2.25. The number of aliphatic carboxylic acids is 1. The Hall–Kier alpha value is -8.06. The van der Waals surface area contributed by atoms with Gasteiger partial charge in [0.25, 0.3) is 0 Å². The molecule has 0 spiro atoms. The number of carboxylic acid groups (broad SMARTS) is 1. The van der Waals surface area contributed by atoms with E-state index in [9.17, 15) is 57.5 Å². The van der Waals surface area contributed by atoms with Crippen molar-refractivity contribution in [3.63, 3.8) is 0 Å². The molecule has 0 aromatic carbocycles. The highest BCUT2D eigenvalue weighted by molar-refractivity contribution is 8.76. The molecule has 124 heavy (non-hydrogen) atoms. The summed E-state index contributed by atoms with van der Waals surface area (Å²) >= 11 is 0. The van der Waals surface area contributed by atoms with Gasteiger partial charge in [0, 0.05) is 11.5 Å². The highest BCUT2D eigenvalue weighted by atomic mass is 33.1. The summed E-state index contributed by atoms with van der Waals surface area (Å²) in [6.07, 6.45) is 5.56. The third kappa shape index (κ3) is 48.0. The summed E-state index contributed by atoms with van der Waals surface area (Å²) in [7, 11) is 1.93. The van der Waals surface area contributed by atoms with Crippen molar-refractivity contribution in [2.24, 2.45) is 75.6 Å². The van der Waals surface area contributed by atoms with Crippen LogP contribution in [0.4, 0.5) is 0 Å². The monoisotopic (exact) mass is 1800 g/mol. The molecule has 0 aromatic heterocycles. The minimum absolute atomic E-state index is 0.00261. The first-order valence-electron chi connectivity index (χ1n) is 44.5. The fourth-order valence-corrected chi connectivity index (χ4v) is 15.9. The smallest absolute Gasteiger partial charge is 0.322 e. The molecule has 0 aliphatic carbocycles. The Morgan fingerprint density at radius 2 is 0.653 bits per heavy atom. The number of amides is 15. The maximum Gasteiger partial charge on any atom is 0.322 e. The molecule has 1 heterocycles. The zero-order valence-electron chi connectivity index (χ0n) is 75.8. The van der Waals surface area contributed by atoms with E-state index in [1.807, 2.05) is 41.5 Å². The number of nitrogens with two attached hydrogens (primary N) is 7. The van der Waals surface area contributed by atoms with Crippen LogP contribution in [0.1, 0.15) is 244 Å². The lowest BCUT2D eigenvalue weighted by Gasteiger charge is -2.29. The summed E-state index contributed by atoms with van der Waals surface area (Å²) in [5, 5.41) is 50.1. The van der Waals surface area contributed by atoms with Gasteiger partial charge in [-0.1, -0.05) is 105 Å². The third-order valence-corrected chi connectivity index (χ3v) is 22.6. The van der Waals surface area contributed by atoms with E-state index < -0.39 is 192 Å². The average molecular weight is 1800 g/mol. The molecular formula is C83H156N22O17S2. The van der Waals surface area contributed by atoms with Crippen molar-refractivity contribution < 1.29 is 81.8 Å². The predicted molar refractivity (Wildman–Crippen MR) is 480 cm³/mol. The molecule has 712 valence electrons. The summed E-state index contributed by atoms with van der Waals surface area (Å²) in [5.74, 6) is -14.8. The molecule has 0 saturated carbocycles. The summed E-state index contributed by atoms with van der Waals surface area (Å²) in [5.41, 5.74) is 41.5. The first-order valence-corrected chi connectivity index (χ1v) is 47.0. The molecule has 41 heteroatoms. The van der Waals surface area contributed by atoms with Crippen LogP contribution in [0.2, 0.25) is 0 Å². The molecule has 15 amide bonds. The lowest BCUT2D eigenvalue weighted by atomic mass is 9.98. The fraction of sp³-hybridized carbons (Fsp3) is 0.807. The Morgan fingerprint density at radius 1 is 0.347 bits per heavy atom. The zero-order chi connectivity index (χ0) is 93.7. The van der Waals surface area contributed by atoms with Gasteiger partial charge in [-0.3, -0.25) is 76.7 Å². The fourth-order valence-electron chi connectivity index (χ4n) is 13.5. The molecule has 1 fully saturated rings. The van der Waals surface area contributed by atoms with Crippen LogP contribution in [0.15, 0.2) is 0 Å². The van der Waals surface area contributed by atoms with Gasteiger partial charge in [-0.05, 0) is 236 Å². The zero-order valence-corrected chi connectivity index (χ0v) is 77.4. The first-order chi connectivity index (χ1) is 58.6. The standard InChI is InChI=1S/C83H156N22O17S2/c1-47(2)38-54(90)70(109)93-55(26-14-20-32-84)71(110)94-57(28-16-22-34-86)73(112)100-63(41-50(7)8)79(118)103-62(40-49(5)6)78(117)96-59(30-18-24-36-88)75(114)102-65(43-52(11)12)81(120)104-66-45-123-124-46-67(83(122)98-60(31-19-25-37-89)76(115)99-61(39-48(3)4)77(116)92-53(13)69(108)91-44-68(106)107)105-80(119)64(42-51(9)10)101-74(113)58(29-17-23-35-87)95-72(111)56(97-82(66)121)27-15-21-33-85/h47-67H,14-46,84-90H2,1-13H3,(H,91,108)(H,92,116)(H,93,109)(H,94,110)(H,95,111)(H,96,117)(H,97,121)(H,98,122)(H,99,115)(H,100,112)(H,101,113)(H,102,114)(H,103,118)(H,104,120)(H,105,119)(H,106,107)/t53-,54-,55-,56-,57-,58-,59-,60-,61-,62-,63-,64-,65-,66-,67-/m0/s1. The molecule has 0 radical (unpaired) electrons. The van der Waals surface area contributed by atoms with Crippen LogP contribution >= 0.6 is 21.6 Å². The summed E-state index contributed by atoms with van der Waals surface area (Å²) in [6.45, 7) is 23.9. The van der Waals surface area contributed by atoms with Gasteiger partial charge in [0.2, 0.25) is 88.6 Å². The van der Waals surface area contributed by atoms with Crippen molar-refractivity contribution in [3.05, 3.63) is 0 Å². The van der Waals surface area contributed by atoms with Crippen molar-refractivity contribution in [2.75, 3.05) is 57.3 Å². The molecule has 0 unspecified atom stereocenters. The summed E-state index contributed by atoms with van der Waals surface area (Å²) in [6, 6.07) is -19.5. The molecule has 0 bridgehead atoms. The van der Waals surface area contributed by atoms with Crippen LogP contribution in [-0.2, 0) is 76.7 Å². The summed E-state index contributed by atoms with van der Waals surface area (Å²) in [4.78, 5) is 229. The van der Waals surface area contributed by atoms with E-state index >= 15 is 19.2 Å². The molecule has 0 aromatic rings. The van der Waals surface area contributed by atoms with Crippen LogP contribution in [0, 0.1) is 35.5 Å². The van der Waals surface area contributed by atoms with Crippen molar-refractivity contribution in [1.82, 2.24) is 79.8 Å². The number of carbonyl (C=O) groups is 16. The predicted octanol–water partition coefficient (Wildman–Crippen LogP) is -1.23. The Labute approximate surface area is 741 Å². The molecule has 1 saturated heterocycles.